The fourth-order valence-electron chi connectivity index (χ4n) is 7.12. The highest BCUT2D eigenvalue weighted by atomic mass is 16.5. The Hall–Kier alpha value is -4.49. The highest BCUT2D eigenvalue weighted by Gasteiger charge is 2.50. The van der Waals surface area contributed by atoms with Gasteiger partial charge in [-0.05, 0) is 48.0 Å². The van der Waals surface area contributed by atoms with Gasteiger partial charge in [-0.25, -0.2) is 4.79 Å². The minimum absolute atomic E-state index is 0.108. The molecule has 0 aromatic heterocycles. The summed E-state index contributed by atoms with van der Waals surface area (Å²) in [6, 6.07) is 4.56. The number of nitrogens with zero attached hydrogens (tertiary/aromatic N) is 2. The number of benzene rings is 1. The number of carbonyl (C=O) groups is 7. The maximum atomic E-state index is 14.5. The van der Waals surface area contributed by atoms with Crippen molar-refractivity contribution in [3.8, 4) is 0 Å². The fourth-order valence-corrected chi connectivity index (χ4v) is 7.12. The highest BCUT2D eigenvalue weighted by Crippen LogP contribution is 2.42. The second-order valence-electron chi connectivity index (χ2n) is 16.2. The van der Waals surface area contributed by atoms with Crippen LogP contribution in [0.3, 0.4) is 0 Å². The van der Waals surface area contributed by atoms with E-state index in [0.29, 0.717) is 18.4 Å². The molecule has 14 heteroatoms. The summed E-state index contributed by atoms with van der Waals surface area (Å²) >= 11 is 0. The zero-order valence-electron chi connectivity index (χ0n) is 32.7. The van der Waals surface area contributed by atoms with Crippen LogP contribution in [-0.2, 0) is 33.5 Å². The normalized spacial score (nSPS) is 19.3. The van der Waals surface area contributed by atoms with Crippen molar-refractivity contribution < 1.29 is 38.3 Å². The van der Waals surface area contributed by atoms with Crippen molar-refractivity contribution in [2.45, 2.75) is 117 Å². The lowest BCUT2D eigenvalue weighted by Gasteiger charge is -2.42. The molecule has 1 saturated heterocycles. The standard InChI is InChI=1S/C39H60N6O8/c1-9-16-27(31(47)34(49)40-22-29(46)42-30(35(50)44(7)8)26-17-12-10-13-18-26)41-33(48)28-21-38(4,5)24-45(28)36(51)32(39(6)19-14-11-15-20-39)43-37(52)53-23-25(2)3/h10,12-13,17-18,25,27-28,30,32H,9,11,14-16,19-24H2,1-8H3,(H,40,49)(H,41,48)(H,42,46)(H,43,52)/t27-,28-,30-,32+/m0/s1. The predicted octanol–water partition coefficient (Wildman–Crippen LogP) is 3.25. The van der Waals surface area contributed by atoms with Crippen LogP contribution < -0.4 is 21.3 Å². The Morgan fingerprint density at radius 1 is 0.925 bits per heavy atom. The van der Waals surface area contributed by atoms with Crippen LogP contribution in [-0.4, -0.2) is 103 Å². The SMILES string of the molecule is CCC[C@H](NC(=O)[C@@H]1CC(C)(C)CN1C(=O)[C@@H](NC(=O)OCC(C)C)C1(C)CCCCC1)C(=O)C(=O)NCC(=O)N[C@H](C(=O)N(C)C)c1ccccc1. The van der Waals surface area contributed by atoms with Gasteiger partial charge >= 0.3 is 6.09 Å². The summed E-state index contributed by atoms with van der Waals surface area (Å²) in [6.45, 7) is 11.4. The summed E-state index contributed by atoms with van der Waals surface area (Å²) in [4.78, 5) is 96.3. The van der Waals surface area contributed by atoms with Crippen molar-refractivity contribution in [1.82, 2.24) is 31.1 Å². The number of alkyl carbamates (subject to hydrolysis) is 1. The molecule has 4 N–H and O–H groups in total. The number of hydrogen-bond acceptors (Lipinski definition) is 8. The molecule has 2 aliphatic rings. The average Bonchev–Trinajstić information content (AvgIpc) is 3.45. The minimum Gasteiger partial charge on any atom is -0.449 e. The number of Topliss-reactive ketones (excluding diaryl/α,β-unsaturated/α-hetero) is 1. The zero-order chi connectivity index (χ0) is 39.5. The quantitative estimate of drug-likeness (QED) is 0.186. The first-order chi connectivity index (χ1) is 24.9. The van der Waals surface area contributed by atoms with E-state index in [0.717, 1.165) is 32.1 Å². The lowest BCUT2D eigenvalue weighted by atomic mass is 9.70. The molecule has 1 aromatic rings. The molecule has 0 spiro atoms. The number of hydrogen-bond donors (Lipinski definition) is 4. The number of rotatable bonds is 16. The van der Waals surface area contributed by atoms with Crippen molar-refractivity contribution in [3.05, 3.63) is 35.9 Å². The Morgan fingerprint density at radius 3 is 2.15 bits per heavy atom. The molecule has 0 bridgehead atoms. The number of likely N-dealkylation sites (tertiary alicyclic amines) is 1. The Bertz CT molecular complexity index is 1470. The van der Waals surface area contributed by atoms with E-state index in [4.69, 9.17) is 4.74 Å². The summed E-state index contributed by atoms with van der Waals surface area (Å²) in [5.74, 6) is -3.92. The van der Waals surface area contributed by atoms with Gasteiger partial charge in [-0.2, -0.15) is 0 Å². The smallest absolute Gasteiger partial charge is 0.407 e. The molecule has 53 heavy (non-hydrogen) atoms. The summed E-state index contributed by atoms with van der Waals surface area (Å²) in [5.41, 5.74) is -0.448. The molecule has 14 nitrogen and oxygen atoms in total. The number of ether oxygens (including phenoxy) is 1. The molecule has 6 amide bonds. The summed E-state index contributed by atoms with van der Waals surface area (Å²) in [5, 5.41) is 10.5. The van der Waals surface area contributed by atoms with Gasteiger partial charge < -0.3 is 35.8 Å². The number of likely N-dealkylation sites (N-methyl/N-ethyl adjacent to an activating group) is 1. The van der Waals surface area contributed by atoms with Crippen LogP contribution in [0.1, 0.15) is 105 Å². The number of ketones is 1. The van der Waals surface area contributed by atoms with E-state index in [2.05, 4.69) is 21.3 Å². The minimum atomic E-state index is -1.21. The van der Waals surface area contributed by atoms with Crippen LogP contribution in [0.2, 0.25) is 0 Å². The van der Waals surface area contributed by atoms with Crippen molar-refractivity contribution in [3.63, 3.8) is 0 Å². The van der Waals surface area contributed by atoms with Crippen molar-refractivity contribution >= 4 is 41.4 Å². The molecule has 3 rings (SSSR count). The predicted molar refractivity (Wildman–Crippen MR) is 199 cm³/mol. The molecule has 1 heterocycles. The van der Waals surface area contributed by atoms with E-state index in [-0.39, 0.29) is 37.3 Å². The van der Waals surface area contributed by atoms with Gasteiger partial charge in [0.15, 0.2) is 0 Å². The van der Waals surface area contributed by atoms with E-state index in [1.807, 2.05) is 34.6 Å². The second-order valence-corrected chi connectivity index (χ2v) is 16.2. The van der Waals surface area contributed by atoms with E-state index < -0.39 is 71.1 Å². The Balaban J connectivity index is 1.74. The van der Waals surface area contributed by atoms with Gasteiger partial charge in [0.2, 0.25) is 29.4 Å². The van der Waals surface area contributed by atoms with Gasteiger partial charge in [-0.15, -0.1) is 0 Å². The molecule has 0 radical (unpaired) electrons. The van der Waals surface area contributed by atoms with Crippen LogP contribution in [0.15, 0.2) is 30.3 Å². The molecule has 1 aliphatic carbocycles. The van der Waals surface area contributed by atoms with Gasteiger partial charge in [0.05, 0.1) is 19.2 Å². The van der Waals surface area contributed by atoms with E-state index >= 15 is 0 Å². The van der Waals surface area contributed by atoms with Crippen molar-refractivity contribution in [2.24, 2.45) is 16.7 Å². The molecule has 2 fully saturated rings. The zero-order valence-corrected chi connectivity index (χ0v) is 32.7. The van der Waals surface area contributed by atoms with Crippen LogP contribution in [0, 0.1) is 16.7 Å². The molecule has 1 saturated carbocycles. The molecule has 0 unspecified atom stereocenters. The topological polar surface area (TPSA) is 183 Å². The lowest BCUT2D eigenvalue weighted by molar-refractivity contribution is -0.144. The second kappa shape index (κ2) is 19.0. The van der Waals surface area contributed by atoms with Crippen molar-refractivity contribution in [1.29, 1.82) is 0 Å². The molecule has 294 valence electrons. The third-order valence-electron chi connectivity index (χ3n) is 10.0. The lowest BCUT2D eigenvalue weighted by Crippen LogP contribution is -2.60. The molecule has 4 atom stereocenters. The first-order valence-electron chi connectivity index (χ1n) is 18.8. The molecular weight excluding hydrogens is 680 g/mol. The van der Waals surface area contributed by atoms with Gasteiger partial charge in [0.1, 0.15) is 18.1 Å². The Labute approximate surface area is 313 Å². The Kier molecular flexibility index (Phi) is 15.4. The van der Waals surface area contributed by atoms with E-state index in [1.165, 1.54) is 9.80 Å². The first kappa shape index (κ1) is 42.9. The Morgan fingerprint density at radius 2 is 1.57 bits per heavy atom. The average molecular weight is 741 g/mol. The van der Waals surface area contributed by atoms with Crippen LogP contribution >= 0.6 is 0 Å². The maximum absolute atomic E-state index is 14.5. The van der Waals surface area contributed by atoms with Crippen LogP contribution in [0.5, 0.6) is 0 Å². The third kappa shape index (κ3) is 12.0. The monoisotopic (exact) mass is 740 g/mol. The number of nitrogens with one attached hydrogen (secondary N) is 4. The molecular formula is C39H60N6O8. The van der Waals surface area contributed by atoms with Gasteiger partial charge in [0, 0.05) is 20.6 Å². The third-order valence-corrected chi connectivity index (χ3v) is 10.0. The highest BCUT2D eigenvalue weighted by molar-refractivity contribution is 6.38. The molecule has 1 aromatic carbocycles. The first-order valence-corrected chi connectivity index (χ1v) is 18.8. The van der Waals surface area contributed by atoms with Gasteiger partial charge in [0.25, 0.3) is 5.91 Å². The maximum Gasteiger partial charge on any atom is 0.407 e. The summed E-state index contributed by atoms with van der Waals surface area (Å²) in [7, 11) is 3.12. The van der Waals surface area contributed by atoms with E-state index in [1.54, 1.807) is 51.4 Å². The fraction of sp³-hybridized carbons (Fsp3) is 0.667. The molecule has 1 aliphatic heterocycles. The van der Waals surface area contributed by atoms with Gasteiger partial charge in [-0.1, -0.05) is 97.6 Å². The van der Waals surface area contributed by atoms with Crippen LogP contribution in [0.25, 0.3) is 0 Å². The largest absolute Gasteiger partial charge is 0.449 e. The van der Waals surface area contributed by atoms with E-state index in [9.17, 15) is 33.6 Å². The summed E-state index contributed by atoms with van der Waals surface area (Å²) < 4.78 is 5.40. The number of amides is 6. The van der Waals surface area contributed by atoms with Gasteiger partial charge in [-0.3, -0.25) is 28.8 Å². The van der Waals surface area contributed by atoms with Crippen LogP contribution in [0.4, 0.5) is 4.79 Å². The number of carbonyl (C=O) groups excluding carboxylic acids is 7. The summed E-state index contributed by atoms with van der Waals surface area (Å²) in [6.07, 6.45) is 4.52. The van der Waals surface area contributed by atoms with Crippen molar-refractivity contribution in [2.75, 3.05) is 33.8 Å².